The lowest BCUT2D eigenvalue weighted by Gasteiger charge is -2.04. The first-order valence-electron chi connectivity index (χ1n) is 7.25. The van der Waals surface area contributed by atoms with Crippen LogP contribution in [0.1, 0.15) is 10.4 Å². The summed E-state index contributed by atoms with van der Waals surface area (Å²) in [5, 5.41) is 28.4. The standard InChI is InChI=1S/C10H8O4.C8H8O4/c1-13-9-5-8-6(4-7(9)11)2-3-10(12)14-8;1-12-8-3-6(10)5(4-9)2-7(8)11/h2-5,11H,1H3;2-4,10-11H,1H3. The van der Waals surface area contributed by atoms with Gasteiger partial charge in [-0.1, -0.05) is 0 Å². The number of methoxy groups -OCH3 is 2. The SMILES string of the molecule is COc1cc(O)c(C=O)cc1O.COc1cc2oc(=O)ccc2cc1O. The Labute approximate surface area is 147 Å². The summed E-state index contributed by atoms with van der Waals surface area (Å²) in [4.78, 5) is 21.2. The molecule has 26 heavy (non-hydrogen) atoms. The minimum atomic E-state index is -0.426. The van der Waals surface area contributed by atoms with Gasteiger partial charge in [-0.15, -0.1) is 0 Å². The molecule has 0 saturated heterocycles. The molecule has 0 atom stereocenters. The van der Waals surface area contributed by atoms with Crippen molar-refractivity contribution in [3.05, 3.63) is 52.4 Å². The van der Waals surface area contributed by atoms with E-state index in [-0.39, 0.29) is 34.3 Å². The van der Waals surface area contributed by atoms with E-state index in [2.05, 4.69) is 0 Å². The highest BCUT2D eigenvalue weighted by Crippen LogP contribution is 2.32. The van der Waals surface area contributed by atoms with Crippen LogP contribution in [0, 0.1) is 0 Å². The lowest BCUT2D eigenvalue weighted by Crippen LogP contribution is -1.94. The highest BCUT2D eigenvalue weighted by molar-refractivity contribution is 5.81. The molecule has 3 N–H and O–H groups in total. The van der Waals surface area contributed by atoms with Crippen LogP contribution in [-0.4, -0.2) is 35.8 Å². The number of aromatic hydroxyl groups is 3. The Balaban J connectivity index is 0.000000190. The molecule has 1 aromatic heterocycles. The molecule has 3 aromatic rings. The molecule has 0 bridgehead atoms. The first-order valence-corrected chi connectivity index (χ1v) is 7.25. The number of phenols is 3. The summed E-state index contributed by atoms with van der Waals surface area (Å²) in [7, 11) is 2.79. The molecular formula is C18H16O8. The van der Waals surface area contributed by atoms with Crippen LogP contribution in [0.3, 0.4) is 0 Å². The summed E-state index contributed by atoms with van der Waals surface area (Å²) in [6, 6.07) is 8.16. The van der Waals surface area contributed by atoms with Crippen LogP contribution < -0.4 is 15.1 Å². The van der Waals surface area contributed by atoms with Gasteiger partial charge in [0.15, 0.2) is 29.3 Å². The van der Waals surface area contributed by atoms with Crippen LogP contribution in [0.15, 0.2) is 45.6 Å². The fourth-order valence-electron chi connectivity index (χ4n) is 2.08. The molecule has 0 spiro atoms. The molecule has 0 fully saturated rings. The number of carbonyl (C=O) groups is 1. The number of hydrogen-bond donors (Lipinski definition) is 3. The number of aldehydes is 1. The number of carbonyl (C=O) groups excluding carboxylic acids is 1. The minimum absolute atomic E-state index is 0.0221. The summed E-state index contributed by atoms with van der Waals surface area (Å²) in [5.74, 6) is 0.0656. The number of ether oxygens (including phenoxy) is 2. The molecule has 2 aromatic carbocycles. The number of rotatable bonds is 3. The van der Waals surface area contributed by atoms with Crippen molar-refractivity contribution in [2.75, 3.05) is 14.2 Å². The molecule has 3 rings (SSSR count). The third kappa shape index (κ3) is 4.04. The van der Waals surface area contributed by atoms with Gasteiger partial charge in [0.05, 0.1) is 19.8 Å². The maximum atomic E-state index is 10.9. The minimum Gasteiger partial charge on any atom is -0.507 e. The molecule has 0 saturated carbocycles. The van der Waals surface area contributed by atoms with Crippen molar-refractivity contribution in [3.63, 3.8) is 0 Å². The average Bonchev–Trinajstić information content (AvgIpc) is 2.63. The van der Waals surface area contributed by atoms with E-state index in [0.29, 0.717) is 17.3 Å². The van der Waals surface area contributed by atoms with Crippen molar-refractivity contribution in [2.45, 2.75) is 0 Å². The summed E-state index contributed by atoms with van der Waals surface area (Å²) in [6.07, 6.45) is 0.453. The Morgan fingerprint density at radius 2 is 1.50 bits per heavy atom. The quantitative estimate of drug-likeness (QED) is 0.369. The Morgan fingerprint density at radius 1 is 0.885 bits per heavy atom. The third-order valence-electron chi connectivity index (χ3n) is 3.38. The Hall–Kier alpha value is -3.68. The van der Waals surface area contributed by atoms with Crippen molar-refractivity contribution in [2.24, 2.45) is 0 Å². The zero-order valence-corrected chi connectivity index (χ0v) is 13.9. The molecule has 0 unspecified atom stereocenters. The molecule has 8 nitrogen and oxygen atoms in total. The van der Waals surface area contributed by atoms with E-state index in [1.54, 1.807) is 6.07 Å². The monoisotopic (exact) mass is 360 g/mol. The van der Waals surface area contributed by atoms with E-state index in [4.69, 9.17) is 24.1 Å². The highest BCUT2D eigenvalue weighted by atomic mass is 16.5. The van der Waals surface area contributed by atoms with E-state index in [1.807, 2.05) is 0 Å². The smallest absolute Gasteiger partial charge is 0.336 e. The molecule has 0 amide bonds. The van der Waals surface area contributed by atoms with Crippen molar-refractivity contribution in [1.82, 2.24) is 0 Å². The second-order valence-electron chi connectivity index (χ2n) is 5.02. The average molecular weight is 360 g/mol. The molecule has 1 heterocycles. The molecule has 0 aliphatic rings. The summed E-state index contributed by atoms with van der Waals surface area (Å²) < 4.78 is 14.5. The zero-order chi connectivity index (χ0) is 19.3. The summed E-state index contributed by atoms with van der Waals surface area (Å²) in [6.45, 7) is 0. The summed E-state index contributed by atoms with van der Waals surface area (Å²) >= 11 is 0. The van der Waals surface area contributed by atoms with Gasteiger partial charge >= 0.3 is 5.63 Å². The van der Waals surface area contributed by atoms with Crippen molar-refractivity contribution in [3.8, 4) is 28.7 Å². The third-order valence-corrected chi connectivity index (χ3v) is 3.38. The molecule has 8 heteroatoms. The van der Waals surface area contributed by atoms with Gasteiger partial charge in [-0.3, -0.25) is 4.79 Å². The van der Waals surface area contributed by atoms with E-state index < -0.39 is 5.63 Å². The van der Waals surface area contributed by atoms with E-state index >= 15 is 0 Å². The van der Waals surface area contributed by atoms with Crippen LogP contribution in [0.25, 0.3) is 11.0 Å². The number of phenolic OH excluding ortho intramolecular Hbond substituents is 3. The van der Waals surface area contributed by atoms with Crippen LogP contribution in [0.4, 0.5) is 0 Å². The fourth-order valence-corrected chi connectivity index (χ4v) is 2.08. The first-order chi connectivity index (χ1) is 12.4. The lowest BCUT2D eigenvalue weighted by molar-refractivity contribution is 0.112. The van der Waals surface area contributed by atoms with Crippen LogP contribution in [0.5, 0.6) is 28.7 Å². The second-order valence-corrected chi connectivity index (χ2v) is 5.02. The Kier molecular flexibility index (Phi) is 5.69. The normalized spacial score (nSPS) is 9.92. The van der Waals surface area contributed by atoms with Gasteiger partial charge in [0.25, 0.3) is 0 Å². The maximum Gasteiger partial charge on any atom is 0.336 e. The van der Waals surface area contributed by atoms with Gasteiger partial charge in [0, 0.05) is 23.6 Å². The van der Waals surface area contributed by atoms with Gasteiger partial charge in [-0.25, -0.2) is 4.79 Å². The molecule has 0 radical (unpaired) electrons. The molecule has 0 aliphatic heterocycles. The predicted octanol–water partition coefficient (Wildman–Crippen LogP) is 2.43. The van der Waals surface area contributed by atoms with Crippen LogP contribution >= 0.6 is 0 Å². The van der Waals surface area contributed by atoms with E-state index in [0.717, 1.165) is 6.07 Å². The molecular weight excluding hydrogens is 344 g/mol. The predicted molar refractivity (Wildman–Crippen MR) is 92.4 cm³/mol. The Morgan fingerprint density at radius 3 is 2.12 bits per heavy atom. The second kappa shape index (κ2) is 7.93. The van der Waals surface area contributed by atoms with Crippen LogP contribution in [-0.2, 0) is 0 Å². The van der Waals surface area contributed by atoms with Gasteiger partial charge in [0.2, 0.25) is 0 Å². The van der Waals surface area contributed by atoms with Gasteiger partial charge < -0.3 is 29.2 Å². The van der Waals surface area contributed by atoms with Crippen molar-refractivity contribution in [1.29, 1.82) is 0 Å². The lowest BCUT2D eigenvalue weighted by atomic mass is 10.2. The molecule has 136 valence electrons. The largest absolute Gasteiger partial charge is 0.507 e. The fraction of sp³-hybridized carbons (Fsp3) is 0.111. The van der Waals surface area contributed by atoms with Gasteiger partial charge in [0.1, 0.15) is 11.3 Å². The van der Waals surface area contributed by atoms with Crippen molar-refractivity contribution >= 4 is 17.3 Å². The topological polar surface area (TPSA) is 126 Å². The van der Waals surface area contributed by atoms with Gasteiger partial charge in [-0.2, -0.15) is 0 Å². The van der Waals surface area contributed by atoms with Gasteiger partial charge in [-0.05, 0) is 18.2 Å². The Bertz CT molecular complexity index is 990. The first kappa shape index (κ1) is 18.7. The zero-order valence-electron chi connectivity index (χ0n) is 13.9. The van der Waals surface area contributed by atoms with Crippen LogP contribution in [0.2, 0.25) is 0 Å². The van der Waals surface area contributed by atoms with E-state index in [1.165, 1.54) is 38.5 Å². The number of hydrogen-bond acceptors (Lipinski definition) is 8. The highest BCUT2D eigenvalue weighted by Gasteiger charge is 2.07. The maximum absolute atomic E-state index is 10.9. The van der Waals surface area contributed by atoms with Crippen molar-refractivity contribution < 1.29 is 34.0 Å². The number of benzene rings is 2. The number of fused-ring (bicyclic) bond motifs is 1. The van der Waals surface area contributed by atoms with E-state index in [9.17, 15) is 14.7 Å². The molecule has 0 aliphatic carbocycles. The summed E-state index contributed by atoms with van der Waals surface area (Å²) in [5.41, 5.74) is 0.00527.